The van der Waals surface area contributed by atoms with Gasteiger partial charge in [0.05, 0.1) is 10.5 Å². The fraction of sp³-hybridized carbons (Fsp3) is 0.273. The molecule has 6 nitrogen and oxygen atoms in total. The summed E-state index contributed by atoms with van der Waals surface area (Å²) in [4.78, 5) is 21.5. The summed E-state index contributed by atoms with van der Waals surface area (Å²) in [5, 5.41) is 17.9. The maximum atomic E-state index is 12.2. The molecule has 0 unspecified atom stereocenters. The third-order valence-electron chi connectivity index (χ3n) is 2.59. The van der Waals surface area contributed by atoms with Crippen LogP contribution < -0.4 is 0 Å². The van der Waals surface area contributed by atoms with Gasteiger partial charge in [0.1, 0.15) is 0 Å². The lowest BCUT2D eigenvalue weighted by Gasteiger charge is -2.20. The van der Waals surface area contributed by atoms with Gasteiger partial charge in [0.2, 0.25) is 0 Å². The molecule has 1 aromatic rings. The van der Waals surface area contributed by atoms with Gasteiger partial charge in [0, 0.05) is 0 Å². The highest BCUT2D eigenvalue weighted by Gasteiger charge is 2.44. The van der Waals surface area contributed by atoms with Crippen molar-refractivity contribution < 1.29 is 28.2 Å². The Morgan fingerprint density at radius 2 is 1.61 bits per heavy atom. The van der Waals surface area contributed by atoms with Crippen molar-refractivity contribution in [1.82, 2.24) is 0 Å². The van der Waals surface area contributed by atoms with Gasteiger partial charge in [-0.2, -0.15) is 0 Å². The molecule has 18 heavy (non-hydrogen) atoms. The molecule has 0 saturated heterocycles. The van der Waals surface area contributed by atoms with Crippen LogP contribution in [0.3, 0.4) is 0 Å². The van der Waals surface area contributed by atoms with E-state index in [2.05, 4.69) is 0 Å². The highest BCUT2D eigenvalue weighted by molar-refractivity contribution is 7.93. The molecule has 0 bridgehead atoms. The molecule has 0 spiro atoms. The number of aromatic carboxylic acids is 1. The Bertz CT molecular complexity index is 600. The van der Waals surface area contributed by atoms with Crippen LogP contribution in [0.15, 0.2) is 29.2 Å². The van der Waals surface area contributed by atoms with E-state index in [9.17, 15) is 18.0 Å². The second kappa shape index (κ2) is 4.41. The zero-order chi connectivity index (χ0) is 14.1. The minimum absolute atomic E-state index is 0.438. The van der Waals surface area contributed by atoms with Crippen LogP contribution in [0.1, 0.15) is 24.2 Å². The Balaban J connectivity index is 3.58. The molecule has 1 rings (SSSR count). The average molecular weight is 272 g/mol. The number of carbonyl (C=O) groups is 2. The van der Waals surface area contributed by atoms with E-state index in [1.165, 1.54) is 12.1 Å². The first-order chi connectivity index (χ1) is 8.12. The largest absolute Gasteiger partial charge is 0.480 e. The molecule has 0 aliphatic heterocycles. The third-order valence-corrected chi connectivity index (χ3v) is 5.05. The van der Waals surface area contributed by atoms with Crippen molar-refractivity contribution in [3.63, 3.8) is 0 Å². The first kappa shape index (κ1) is 14.2. The summed E-state index contributed by atoms with van der Waals surface area (Å²) >= 11 is 0. The first-order valence-electron chi connectivity index (χ1n) is 4.92. The van der Waals surface area contributed by atoms with Crippen LogP contribution >= 0.6 is 0 Å². The van der Waals surface area contributed by atoms with Gasteiger partial charge in [0.15, 0.2) is 14.6 Å². The van der Waals surface area contributed by atoms with Crippen molar-refractivity contribution in [2.45, 2.75) is 23.5 Å². The number of hydrogen-bond acceptors (Lipinski definition) is 4. The van der Waals surface area contributed by atoms with E-state index < -0.39 is 37.0 Å². The van der Waals surface area contributed by atoms with Crippen molar-refractivity contribution in [3.05, 3.63) is 29.8 Å². The summed E-state index contributed by atoms with van der Waals surface area (Å²) in [6.07, 6.45) is 0. The van der Waals surface area contributed by atoms with Gasteiger partial charge < -0.3 is 10.2 Å². The molecule has 0 aliphatic rings. The van der Waals surface area contributed by atoms with Gasteiger partial charge in [-0.25, -0.2) is 13.2 Å². The van der Waals surface area contributed by atoms with Crippen LogP contribution in [0.25, 0.3) is 0 Å². The molecular weight excluding hydrogens is 260 g/mol. The van der Waals surface area contributed by atoms with Gasteiger partial charge in [0.25, 0.3) is 0 Å². The molecule has 98 valence electrons. The number of benzene rings is 1. The molecule has 0 radical (unpaired) electrons. The van der Waals surface area contributed by atoms with Crippen LogP contribution in [0.4, 0.5) is 0 Å². The van der Waals surface area contributed by atoms with Crippen LogP contribution in [0.5, 0.6) is 0 Å². The van der Waals surface area contributed by atoms with Crippen LogP contribution in [-0.2, 0) is 14.6 Å². The van der Waals surface area contributed by atoms with Crippen LogP contribution in [0, 0.1) is 0 Å². The molecule has 0 aliphatic carbocycles. The summed E-state index contributed by atoms with van der Waals surface area (Å²) in [6, 6.07) is 4.92. The summed E-state index contributed by atoms with van der Waals surface area (Å²) in [5.74, 6) is -2.96. The third kappa shape index (κ3) is 2.08. The summed E-state index contributed by atoms with van der Waals surface area (Å²) in [6.45, 7) is 2.03. The predicted molar refractivity (Wildman–Crippen MR) is 62.3 cm³/mol. The fourth-order valence-corrected chi connectivity index (χ4v) is 2.75. The number of carboxylic acids is 2. The van der Waals surface area contributed by atoms with Crippen LogP contribution in [0.2, 0.25) is 0 Å². The van der Waals surface area contributed by atoms with Gasteiger partial charge >= 0.3 is 11.9 Å². The number of rotatable bonds is 4. The molecule has 0 heterocycles. The molecular formula is C11H12O6S. The predicted octanol–water partition coefficient (Wildman–Crippen LogP) is 1.02. The monoisotopic (exact) mass is 272 g/mol. The second-order valence-electron chi connectivity index (χ2n) is 4.12. The van der Waals surface area contributed by atoms with E-state index in [1.54, 1.807) is 0 Å². The topological polar surface area (TPSA) is 109 Å². The normalized spacial score (nSPS) is 12.1. The van der Waals surface area contributed by atoms with Crippen molar-refractivity contribution in [3.8, 4) is 0 Å². The smallest absolute Gasteiger partial charge is 0.337 e. The van der Waals surface area contributed by atoms with Crippen molar-refractivity contribution in [2.24, 2.45) is 0 Å². The van der Waals surface area contributed by atoms with Crippen LogP contribution in [-0.4, -0.2) is 35.3 Å². The quantitative estimate of drug-likeness (QED) is 0.847. The van der Waals surface area contributed by atoms with E-state index in [1.807, 2.05) is 0 Å². The van der Waals surface area contributed by atoms with E-state index >= 15 is 0 Å². The van der Waals surface area contributed by atoms with Gasteiger partial charge in [-0.1, -0.05) is 12.1 Å². The second-order valence-corrected chi connectivity index (χ2v) is 6.59. The van der Waals surface area contributed by atoms with Gasteiger partial charge in [-0.15, -0.1) is 0 Å². The van der Waals surface area contributed by atoms with E-state index in [0.29, 0.717) is 0 Å². The lowest BCUT2D eigenvalue weighted by atomic mass is 10.2. The molecule has 2 N–H and O–H groups in total. The molecule has 0 fully saturated rings. The molecule has 0 saturated carbocycles. The number of carboxylic acid groups (broad SMARTS) is 2. The van der Waals surface area contributed by atoms with E-state index in [4.69, 9.17) is 10.2 Å². The summed E-state index contributed by atoms with van der Waals surface area (Å²) < 4.78 is 22.3. The SMILES string of the molecule is CC(C)(C(=O)O)S(=O)(=O)c1ccccc1C(=O)O. The maximum absolute atomic E-state index is 12.2. The average Bonchev–Trinajstić information content (AvgIpc) is 2.28. The molecule has 0 amide bonds. The number of sulfone groups is 1. The Labute approximate surface area is 104 Å². The minimum atomic E-state index is -4.29. The Kier molecular flexibility index (Phi) is 3.47. The highest BCUT2D eigenvalue weighted by Crippen LogP contribution is 2.28. The first-order valence-corrected chi connectivity index (χ1v) is 6.41. The maximum Gasteiger partial charge on any atom is 0.337 e. The lowest BCUT2D eigenvalue weighted by molar-refractivity contribution is -0.139. The van der Waals surface area contributed by atoms with Crippen molar-refractivity contribution in [2.75, 3.05) is 0 Å². The lowest BCUT2D eigenvalue weighted by Crippen LogP contribution is -2.41. The standard InChI is InChI=1S/C11H12O6S/c1-11(2,10(14)15)18(16,17)8-6-4-3-5-7(8)9(12)13/h3-6H,1-2H3,(H,12,13)(H,14,15). The zero-order valence-electron chi connectivity index (χ0n) is 9.75. The van der Waals surface area contributed by atoms with E-state index in [-0.39, 0.29) is 0 Å². The van der Waals surface area contributed by atoms with Crippen molar-refractivity contribution in [1.29, 1.82) is 0 Å². The highest BCUT2D eigenvalue weighted by atomic mass is 32.2. The Hall–Kier alpha value is -1.89. The van der Waals surface area contributed by atoms with Gasteiger partial charge in [-0.05, 0) is 26.0 Å². The minimum Gasteiger partial charge on any atom is -0.480 e. The fourth-order valence-electron chi connectivity index (χ4n) is 1.27. The molecule has 1 aromatic carbocycles. The van der Waals surface area contributed by atoms with E-state index in [0.717, 1.165) is 26.0 Å². The van der Waals surface area contributed by atoms with Gasteiger partial charge in [-0.3, -0.25) is 4.79 Å². The molecule has 0 atom stereocenters. The van der Waals surface area contributed by atoms with Crippen molar-refractivity contribution >= 4 is 21.8 Å². The summed E-state index contributed by atoms with van der Waals surface area (Å²) in [7, 11) is -4.29. The number of aliphatic carboxylic acids is 1. The molecule has 7 heteroatoms. The Morgan fingerprint density at radius 3 is 2.06 bits per heavy atom. The molecule has 0 aromatic heterocycles. The Morgan fingerprint density at radius 1 is 1.11 bits per heavy atom. The zero-order valence-corrected chi connectivity index (χ0v) is 10.6. The number of hydrogen-bond donors (Lipinski definition) is 2. The summed E-state index contributed by atoms with van der Waals surface area (Å²) in [5.41, 5.74) is -0.438.